The fourth-order valence-corrected chi connectivity index (χ4v) is 2.05. The van der Waals surface area contributed by atoms with Gasteiger partial charge in [-0.2, -0.15) is 10.4 Å². The van der Waals surface area contributed by atoms with Crippen molar-refractivity contribution in [1.29, 1.82) is 5.26 Å². The van der Waals surface area contributed by atoms with Crippen molar-refractivity contribution in [1.82, 2.24) is 9.78 Å². The van der Waals surface area contributed by atoms with E-state index in [0.29, 0.717) is 5.92 Å². The Bertz CT molecular complexity index is 382. The maximum Gasteiger partial charge on any atom is 0.141 e. The van der Waals surface area contributed by atoms with E-state index in [2.05, 4.69) is 25.0 Å². The third-order valence-electron chi connectivity index (χ3n) is 2.62. The molecule has 0 aromatic carbocycles. The number of hydrogen-bond donors (Lipinski definition) is 0. The molecule has 1 aliphatic carbocycles. The van der Waals surface area contributed by atoms with Crippen LogP contribution in [0.4, 0.5) is 0 Å². The zero-order valence-electron chi connectivity index (χ0n) is 8.75. The number of rotatable bonds is 2. The van der Waals surface area contributed by atoms with Gasteiger partial charge >= 0.3 is 0 Å². The first-order valence-corrected chi connectivity index (χ1v) is 5.21. The maximum absolute atomic E-state index is 9.07. The first kappa shape index (κ1) is 9.26. The van der Waals surface area contributed by atoms with Crippen molar-refractivity contribution < 1.29 is 0 Å². The number of nitrogens with zero attached hydrogens (tertiary/aromatic N) is 3. The van der Waals surface area contributed by atoms with Gasteiger partial charge in [-0.15, -0.1) is 0 Å². The number of fused-ring (bicyclic) bond motifs is 1. The summed E-state index contributed by atoms with van der Waals surface area (Å²) in [6.07, 6.45) is 3.25. The summed E-state index contributed by atoms with van der Waals surface area (Å²) >= 11 is 0. The molecule has 0 atom stereocenters. The van der Waals surface area contributed by atoms with Crippen molar-refractivity contribution in [2.45, 2.75) is 39.7 Å². The van der Waals surface area contributed by atoms with Crippen molar-refractivity contribution in [3.63, 3.8) is 0 Å². The monoisotopic (exact) mass is 189 g/mol. The van der Waals surface area contributed by atoms with E-state index in [4.69, 9.17) is 5.26 Å². The predicted molar refractivity (Wildman–Crippen MR) is 53.8 cm³/mol. The first-order chi connectivity index (χ1) is 6.72. The van der Waals surface area contributed by atoms with Crippen LogP contribution < -0.4 is 0 Å². The summed E-state index contributed by atoms with van der Waals surface area (Å²) in [6, 6.07) is 2.28. The second-order valence-corrected chi connectivity index (χ2v) is 4.32. The molecule has 0 saturated carbocycles. The zero-order chi connectivity index (χ0) is 10.1. The Balaban J connectivity index is 2.38. The van der Waals surface area contributed by atoms with Crippen LogP contribution in [0.5, 0.6) is 0 Å². The molecule has 14 heavy (non-hydrogen) atoms. The topological polar surface area (TPSA) is 41.6 Å². The molecule has 3 heteroatoms. The molecule has 0 saturated heterocycles. The average molecular weight is 189 g/mol. The summed E-state index contributed by atoms with van der Waals surface area (Å²) in [5, 5.41) is 13.6. The highest BCUT2D eigenvalue weighted by atomic mass is 15.3. The molecule has 1 aromatic rings. The Morgan fingerprint density at radius 2 is 2.29 bits per heavy atom. The molecule has 0 spiro atoms. The van der Waals surface area contributed by atoms with Gasteiger partial charge in [-0.1, -0.05) is 13.8 Å². The molecular formula is C11H15N3. The lowest BCUT2D eigenvalue weighted by atomic mass is 10.2. The lowest BCUT2D eigenvalue weighted by Crippen LogP contribution is -2.09. The van der Waals surface area contributed by atoms with Gasteiger partial charge in [0.2, 0.25) is 0 Å². The van der Waals surface area contributed by atoms with Crippen molar-refractivity contribution >= 4 is 0 Å². The molecule has 1 heterocycles. The quantitative estimate of drug-likeness (QED) is 0.713. The van der Waals surface area contributed by atoms with E-state index in [-0.39, 0.29) is 0 Å². The molecule has 74 valence electrons. The Morgan fingerprint density at radius 3 is 2.93 bits per heavy atom. The van der Waals surface area contributed by atoms with Crippen LogP contribution in [0.25, 0.3) is 0 Å². The van der Waals surface area contributed by atoms with Crippen LogP contribution in [0, 0.1) is 17.2 Å². The highest BCUT2D eigenvalue weighted by molar-refractivity contribution is 5.38. The molecular weight excluding hydrogens is 174 g/mol. The van der Waals surface area contributed by atoms with E-state index in [1.54, 1.807) is 0 Å². The minimum absolute atomic E-state index is 0.544. The van der Waals surface area contributed by atoms with Gasteiger partial charge in [0.05, 0.1) is 5.69 Å². The summed E-state index contributed by atoms with van der Waals surface area (Å²) in [4.78, 5) is 0. The van der Waals surface area contributed by atoms with Gasteiger partial charge in [-0.3, -0.25) is 4.68 Å². The fourth-order valence-electron chi connectivity index (χ4n) is 2.05. The highest BCUT2D eigenvalue weighted by Gasteiger charge is 2.21. The van der Waals surface area contributed by atoms with E-state index in [0.717, 1.165) is 37.2 Å². The normalized spacial score (nSPS) is 14.4. The van der Waals surface area contributed by atoms with Gasteiger partial charge in [0.15, 0.2) is 0 Å². The van der Waals surface area contributed by atoms with Crippen molar-refractivity contribution in [3.8, 4) is 6.07 Å². The van der Waals surface area contributed by atoms with E-state index in [1.165, 1.54) is 5.56 Å². The SMILES string of the molecule is CC(C)Cn1nc2c(c1C#N)CCC2. The fraction of sp³-hybridized carbons (Fsp3) is 0.636. The molecule has 0 bridgehead atoms. The summed E-state index contributed by atoms with van der Waals surface area (Å²) in [7, 11) is 0. The molecule has 0 amide bonds. The summed E-state index contributed by atoms with van der Waals surface area (Å²) in [6.45, 7) is 5.15. The largest absolute Gasteiger partial charge is 0.254 e. The van der Waals surface area contributed by atoms with Gasteiger partial charge in [-0.25, -0.2) is 0 Å². The lowest BCUT2D eigenvalue weighted by molar-refractivity contribution is 0.474. The van der Waals surface area contributed by atoms with Crippen LogP contribution >= 0.6 is 0 Å². The van der Waals surface area contributed by atoms with Gasteiger partial charge in [0.1, 0.15) is 11.8 Å². The molecule has 0 N–H and O–H groups in total. The van der Waals surface area contributed by atoms with E-state index >= 15 is 0 Å². The maximum atomic E-state index is 9.07. The minimum Gasteiger partial charge on any atom is -0.254 e. The molecule has 0 fully saturated rings. The van der Waals surface area contributed by atoms with Crippen LogP contribution in [0.3, 0.4) is 0 Å². The van der Waals surface area contributed by atoms with Crippen LogP contribution in [0.2, 0.25) is 0 Å². The number of nitriles is 1. The first-order valence-electron chi connectivity index (χ1n) is 5.21. The van der Waals surface area contributed by atoms with Crippen molar-refractivity contribution in [2.24, 2.45) is 5.92 Å². The van der Waals surface area contributed by atoms with Crippen LogP contribution in [0.15, 0.2) is 0 Å². The Kier molecular flexibility index (Phi) is 2.28. The Labute approximate surface area is 84.3 Å². The van der Waals surface area contributed by atoms with Gasteiger partial charge < -0.3 is 0 Å². The van der Waals surface area contributed by atoms with Crippen molar-refractivity contribution in [2.75, 3.05) is 0 Å². The smallest absolute Gasteiger partial charge is 0.141 e. The molecule has 1 aliphatic rings. The molecule has 1 aromatic heterocycles. The van der Waals surface area contributed by atoms with E-state index in [1.807, 2.05) is 4.68 Å². The predicted octanol–water partition coefficient (Wildman–Crippen LogP) is 1.90. The molecule has 0 radical (unpaired) electrons. The zero-order valence-corrected chi connectivity index (χ0v) is 8.75. The second kappa shape index (κ2) is 3.45. The Hall–Kier alpha value is -1.30. The summed E-state index contributed by atoms with van der Waals surface area (Å²) < 4.78 is 1.88. The second-order valence-electron chi connectivity index (χ2n) is 4.32. The van der Waals surface area contributed by atoms with Crippen molar-refractivity contribution in [3.05, 3.63) is 17.0 Å². The summed E-state index contributed by atoms with van der Waals surface area (Å²) in [5.41, 5.74) is 3.15. The number of aryl methyl sites for hydroxylation is 1. The standard InChI is InChI=1S/C11H15N3/c1-8(2)7-14-11(6-12)9-4-3-5-10(9)13-14/h8H,3-5,7H2,1-2H3. The average Bonchev–Trinajstić information content (AvgIpc) is 2.62. The van der Waals surface area contributed by atoms with Crippen LogP contribution in [-0.4, -0.2) is 9.78 Å². The highest BCUT2D eigenvalue weighted by Crippen LogP contribution is 2.24. The molecule has 0 unspecified atom stereocenters. The molecule has 3 nitrogen and oxygen atoms in total. The third-order valence-corrected chi connectivity index (χ3v) is 2.62. The lowest BCUT2D eigenvalue weighted by Gasteiger charge is -2.06. The number of hydrogen-bond acceptors (Lipinski definition) is 2. The van der Waals surface area contributed by atoms with Gasteiger partial charge in [0, 0.05) is 12.1 Å². The van der Waals surface area contributed by atoms with Crippen LogP contribution in [0.1, 0.15) is 37.2 Å². The van der Waals surface area contributed by atoms with E-state index < -0.39 is 0 Å². The van der Waals surface area contributed by atoms with Crippen LogP contribution in [-0.2, 0) is 19.4 Å². The van der Waals surface area contributed by atoms with Gasteiger partial charge in [-0.05, 0) is 25.2 Å². The third kappa shape index (κ3) is 1.41. The molecule has 0 aliphatic heterocycles. The van der Waals surface area contributed by atoms with E-state index in [9.17, 15) is 0 Å². The molecule has 2 rings (SSSR count). The minimum atomic E-state index is 0.544. The van der Waals surface area contributed by atoms with Gasteiger partial charge in [0.25, 0.3) is 0 Å². The summed E-state index contributed by atoms with van der Waals surface area (Å²) in [5.74, 6) is 0.544. The Morgan fingerprint density at radius 1 is 1.50 bits per heavy atom. The number of aromatic nitrogens is 2.